The summed E-state index contributed by atoms with van der Waals surface area (Å²) >= 11 is 0. The van der Waals surface area contributed by atoms with Crippen LogP contribution in [0.15, 0.2) is 47.3 Å². The van der Waals surface area contributed by atoms with E-state index in [9.17, 15) is 9.59 Å². The van der Waals surface area contributed by atoms with Crippen molar-refractivity contribution < 1.29 is 14.3 Å². The van der Waals surface area contributed by atoms with E-state index in [4.69, 9.17) is 9.47 Å². The van der Waals surface area contributed by atoms with Crippen LogP contribution in [0.5, 0.6) is 11.5 Å². The van der Waals surface area contributed by atoms with Gasteiger partial charge in [0, 0.05) is 5.56 Å². The van der Waals surface area contributed by atoms with Crippen LogP contribution in [0.1, 0.15) is 16.1 Å². The highest BCUT2D eigenvalue weighted by Gasteiger charge is 2.25. The van der Waals surface area contributed by atoms with Gasteiger partial charge in [0.05, 0.1) is 24.2 Å². The molecule has 7 nitrogen and oxygen atoms in total. The summed E-state index contributed by atoms with van der Waals surface area (Å²) in [6, 6.07) is 12.5. The molecule has 2 N–H and O–H groups in total. The molecule has 0 aliphatic carbocycles. The highest BCUT2D eigenvalue weighted by Crippen LogP contribution is 2.34. The van der Waals surface area contributed by atoms with Gasteiger partial charge >= 0.3 is 0 Å². The number of hydrogen-bond donors (Lipinski definition) is 2. The van der Waals surface area contributed by atoms with E-state index >= 15 is 0 Å². The number of rotatable bonds is 3. The van der Waals surface area contributed by atoms with Crippen molar-refractivity contribution in [2.45, 2.75) is 12.5 Å². The zero-order valence-corrected chi connectivity index (χ0v) is 14.1. The van der Waals surface area contributed by atoms with Gasteiger partial charge in [0.25, 0.3) is 11.5 Å². The number of nitrogens with one attached hydrogen (secondary N) is 2. The maximum absolute atomic E-state index is 12.5. The second kappa shape index (κ2) is 6.51. The first kappa shape index (κ1) is 16.1. The van der Waals surface area contributed by atoms with Crippen LogP contribution in [0.3, 0.4) is 0 Å². The number of fused-ring (bicyclic) bond motifs is 2. The molecule has 1 atom stereocenters. The van der Waals surface area contributed by atoms with Gasteiger partial charge in [-0.15, -0.1) is 0 Å². The first-order chi connectivity index (χ1) is 12.7. The fourth-order valence-electron chi connectivity index (χ4n) is 3.08. The molecule has 4 rings (SSSR count). The quantitative estimate of drug-likeness (QED) is 0.749. The lowest BCUT2D eigenvalue weighted by molar-refractivity contribution is 0.0908. The van der Waals surface area contributed by atoms with Crippen LogP contribution in [-0.2, 0) is 6.42 Å². The van der Waals surface area contributed by atoms with E-state index < -0.39 is 11.5 Å². The Morgan fingerprint density at radius 3 is 2.96 bits per heavy atom. The maximum atomic E-state index is 12.5. The normalized spacial score (nSPS) is 15.8. The Labute approximate surface area is 149 Å². The third kappa shape index (κ3) is 2.88. The zero-order valence-electron chi connectivity index (χ0n) is 14.1. The SMILES string of the molecule is COc1cccc2c1OCC(NC(=O)c1nc3ccccc3[nH]c1=O)C2. The molecule has 132 valence electrons. The number of para-hydroxylation sites is 3. The van der Waals surface area contributed by atoms with Gasteiger partial charge in [0.15, 0.2) is 17.2 Å². The number of nitrogens with zero attached hydrogens (tertiary/aromatic N) is 1. The van der Waals surface area contributed by atoms with Crippen molar-refractivity contribution >= 4 is 16.9 Å². The van der Waals surface area contributed by atoms with Crippen molar-refractivity contribution in [1.29, 1.82) is 0 Å². The number of methoxy groups -OCH3 is 1. The van der Waals surface area contributed by atoms with E-state index in [-0.39, 0.29) is 11.7 Å². The van der Waals surface area contributed by atoms with Crippen LogP contribution in [0.25, 0.3) is 11.0 Å². The largest absolute Gasteiger partial charge is 0.493 e. The average Bonchev–Trinajstić information content (AvgIpc) is 2.66. The van der Waals surface area contributed by atoms with Gasteiger partial charge in [0.2, 0.25) is 0 Å². The van der Waals surface area contributed by atoms with Gasteiger partial charge in [0.1, 0.15) is 6.61 Å². The Morgan fingerprint density at radius 2 is 2.12 bits per heavy atom. The van der Waals surface area contributed by atoms with E-state index in [0.717, 1.165) is 5.56 Å². The molecule has 1 unspecified atom stereocenters. The van der Waals surface area contributed by atoms with Crippen molar-refractivity contribution in [3.8, 4) is 11.5 Å². The van der Waals surface area contributed by atoms with E-state index in [1.54, 1.807) is 31.4 Å². The molecule has 1 aliphatic heterocycles. The Bertz CT molecular complexity index is 1040. The Balaban J connectivity index is 1.56. The molecular weight excluding hydrogens is 334 g/mol. The van der Waals surface area contributed by atoms with E-state index in [2.05, 4.69) is 15.3 Å². The van der Waals surface area contributed by atoms with Crippen LogP contribution in [0, 0.1) is 0 Å². The van der Waals surface area contributed by atoms with Gasteiger partial charge in [-0.1, -0.05) is 24.3 Å². The van der Waals surface area contributed by atoms with Gasteiger partial charge in [-0.05, 0) is 24.6 Å². The van der Waals surface area contributed by atoms with E-state index in [1.807, 2.05) is 18.2 Å². The van der Waals surface area contributed by atoms with Crippen LogP contribution in [-0.4, -0.2) is 35.6 Å². The molecule has 7 heteroatoms. The first-order valence-corrected chi connectivity index (χ1v) is 8.24. The lowest BCUT2D eigenvalue weighted by atomic mass is 10.0. The molecule has 0 spiro atoms. The molecule has 0 bridgehead atoms. The van der Waals surface area contributed by atoms with Crippen LogP contribution >= 0.6 is 0 Å². The number of hydrogen-bond acceptors (Lipinski definition) is 5. The standard InChI is InChI=1S/C19H17N3O4/c1-25-15-8-4-5-11-9-12(10-26-17(11)15)20-18(23)16-19(24)22-14-7-3-2-6-13(14)21-16/h2-8,12H,9-10H2,1H3,(H,20,23)(H,22,24). The molecule has 2 heterocycles. The Morgan fingerprint density at radius 1 is 1.27 bits per heavy atom. The van der Waals surface area contributed by atoms with E-state index in [0.29, 0.717) is 35.6 Å². The number of amides is 1. The summed E-state index contributed by atoms with van der Waals surface area (Å²) < 4.78 is 11.0. The number of aromatic amines is 1. The highest BCUT2D eigenvalue weighted by atomic mass is 16.5. The number of aromatic nitrogens is 2. The summed E-state index contributed by atoms with van der Waals surface area (Å²) in [5.41, 5.74) is 1.43. The van der Waals surface area contributed by atoms with Crippen molar-refractivity contribution in [3.63, 3.8) is 0 Å². The minimum Gasteiger partial charge on any atom is -0.493 e. The maximum Gasteiger partial charge on any atom is 0.280 e. The van der Waals surface area contributed by atoms with Gasteiger partial charge < -0.3 is 19.8 Å². The van der Waals surface area contributed by atoms with Crippen molar-refractivity contribution in [2.24, 2.45) is 0 Å². The number of ether oxygens (including phenoxy) is 2. The Hall–Kier alpha value is -3.35. The molecule has 26 heavy (non-hydrogen) atoms. The van der Waals surface area contributed by atoms with Crippen molar-refractivity contribution in [3.05, 3.63) is 64.1 Å². The molecular formula is C19H17N3O4. The minimum absolute atomic E-state index is 0.153. The van der Waals surface area contributed by atoms with Gasteiger partial charge in [-0.25, -0.2) is 4.98 Å². The lowest BCUT2D eigenvalue weighted by Gasteiger charge is -2.27. The summed E-state index contributed by atoms with van der Waals surface area (Å²) in [5.74, 6) is 0.846. The molecule has 0 saturated carbocycles. The second-order valence-corrected chi connectivity index (χ2v) is 6.07. The average molecular weight is 351 g/mol. The summed E-state index contributed by atoms with van der Waals surface area (Å²) in [6.07, 6.45) is 0.587. The van der Waals surface area contributed by atoms with E-state index in [1.165, 1.54) is 0 Å². The number of H-pyrrole nitrogens is 1. The number of benzene rings is 2. The molecule has 0 saturated heterocycles. The monoisotopic (exact) mass is 351 g/mol. The summed E-state index contributed by atoms with van der Waals surface area (Å²) in [6.45, 7) is 0.296. The molecule has 0 fully saturated rings. The predicted molar refractivity (Wildman–Crippen MR) is 95.8 cm³/mol. The fourth-order valence-corrected chi connectivity index (χ4v) is 3.08. The third-order valence-electron chi connectivity index (χ3n) is 4.33. The predicted octanol–water partition coefficient (Wildman–Crippen LogP) is 1.67. The smallest absolute Gasteiger partial charge is 0.280 e. The molecule has 1 aliphatic rings. The Kier molecular flexibility index (Phi) is 4.04. The summed E-state index contributed by atoms with van der Waals surface area (Å²) in [5, 5.41) is 2.83. The topological polar surface area (TPSA) is 93.3 Å². The zero-order chi connectivity index (χ0) is 18.1. The van der Waals surface area contributed by atoms with Crippen LogP contribution in [0.2, 0.25) is 0 Å². The molecule has 3 aromatic rings. The van der Waals surface area contributed by atoms with Crippen molar-refractivity contribution in [1.82, 2.24) is 15.3 Å². The van der Waals surface area contributed by atoms with Crippen molar-refractivity contribution in [2.75, 3.05) is 13.7 Å². The number of carbonyl (C=O) groups is 1. The summed E-state index contributed by atoms with van der Waals surface area (Å²) in [4.78, 5) is 31.6. The third-order valence-corrected chi connectivity index (χ3v) is 4.33. The first-order valence-electron chi connectivity index (χ1n) is 8.24. The number of carbonyl (C=O) groups excluding carboxylic acids is 1. The molecule has 1 aromatic heterocycles. The molecule has 2 aromatic carbocycles. The molecule has 0 radical (unpaired) electrons. The van der Waals surface area contributed by atoms with Crippen LogP contribution in [0.4, 0.5) is 0 Å². The minimum atomic E-state index is -0.517. The van der Waals surface area contributed by atoms with Gasteiger partial charge in [-0.3, -0.25) is 9.59 Å². The molecule has 1 amide bonds. The van der Waals surface area contributed by atoms with Crippen LogP contribution < -0.4 is 20.3 Å². The highest BCUT2D eigenvalue weighted by molar-refractivity contribution is 5.93. The fraction of sp³-hybridized carbons (Fsp3) is 0.211. The second-order valence-electron chi connectivity index (χ2n) is 6.07. The van der Waals surface area contributed by atoms with Gasteiger partial charge in [-0.2, -0.15) is 0 Å². The summed E-state index contributed by atoms with van der Waals surface area (Å²) in [7, 11) is 1.59. The lowest BCUT2D eigenvalue weighted by Crippen LogP contribution is -2.44.